The Labute approximate surface area is 271 Å². The molecule has 5 heteroatoms. The molecule has 1 N–H and O–H groups in total. The molecule has 0 saturated carbocycles. The molecular weight excluding hydrogens is 548 g/mol. The third kappa shape index (κ3) is 32.8. The fourth-order valence-corrected chi connectivity index (χ4v) is 4.86. The topological polar surface area (TPSA) is 72.8 Å². The molecule has 0 aliphatic heterocycles. The Bertz CT molecular complexity index is 752. The van der Waals surface area contributed by atoms with Crippen LogP contribution < -0.4 is 0 Å². The van der Waals surface area contributed by atoms with Crippen molar-refractivity contribution >= 4 is 11.9 Å². The number of unbranched alkanes of at least 4 members (excludes halogenated alkanes) is 16. The van der Waals surface area contributed by atoms with Gasteiger partial charge in [-0.3, -0.25) is 9.59 Å². The highest BCUT2D eigenvalue weighted by molar-refractivity contribution is 5.70. The van der Waals surface area contributed by atoms with Gasteiger partial charge in [-0.15, -0.1) is 0 Å². The first kappa shape index (κ1) is 41.9. The largest absolute Gasteiger partial charge is 0.462 e. The molecule has 0 spiro atoms. The number of hydrogen-bond donors (Lipinski definition) is 1. The van der Waals surface area contributed by atoms with Crippen molar-refractivity contribution < 1.29 is 24.2 Å². The molecule has 0 unspecified atom stereocenters. The highest BCUT2D eigenvalue weighted by atomic mass is 16.6. The lowest BCUT2D eigenvalue weighted by atomic mass is 10.1. The molecule has 0 bridgehead atoms. The van der Waals surface area contributed by atoms with E-state index >= 15 is 0 Å². The summed E-state index contributed by atoms with van der Waals surface area (Å²) in [5, 5.41) is 9.53. The molecule has 1 atom stereocenters. The minimum absolute atomic E-state index is 0.0773. The van der Waals surface area contributed by atoms with Crippen LogP contribution in [-0.2, 0) is 19.1 Å². The Hall–Kier alpha value is -2.14. The number of hydrogen-bond acceptors (Lipinski definition) is 5. The summed E-state index contributed by atoms with van der Waals surface area (Å²) in [5.74, 6) is -0.619. The summed E-state index contributed by atoms with van der Waals surface area (Å²) in [6.45, 7) is 3.98. The summed E-state index contributed by atoms with van der Waals surface area (Å²) in [4.78, 5) is 24.2. The van der Waals surface area contributed by atoms with Crippen molar-refractivity contribution in [1.82, 2.24) is 0 Å². The van der Waals surface area contributed by atoms with Crippen LogP contribution in [0.4, 0.5) is 0 Å². The summed E-state index contributed by atoms with van der Waals surface area (Å²) in [5.41, 5.74) is 0. The van der Waals surface area contributed by atoms with Crippen LogP contribution in [0.2, 0.25) is 0 Å². The van der Waals surface area contributed by atoms with Gasteiger partial charge in [0, 0.05) is 12.8 Å². The predicted molar refractivity (Wildman–Crippen MR) is 187 cm³/mol. The third-order valence-corrected chi connectivity index (χ3v) is 7.61. The van der Waals surface area contributed by atoms with Crippen LogP contribution >= 0.6 is 0 Å². The molecule has 0 fully saturated rings. The summed E-state index contributed by atoms with van der Waals surface area (Å²) in [7, 11) is 0. The molecule has 0 aliphatic rings. The second-order valence-electron chi connectivity index (χ2n) is 11.9. The normalized spacial score (nSPS) is 12.7. The first-order chi connectivity index (χ1) is 21.6. The van der Waals surface area contributed by atoms with E-state index in [2.05, 4.69) is 62.5 Å². The average Bonchev–Trinajstić information content (AvgIpc) is 3.02. The van der Waals surface area contributed by atoms with Crippen molar-refractivity contribution in [1.29, 1.82) is 0 Å². The van der Waals surface area contributed by atoms with E-state index in [1.54, 1.807) is 0 Å². The fourth-order valence-electron chi connectivity index (χ4n) is 4.86. The number of aliphatic hydroxyl groups excluding tert-OH is 1. The molecule has 0 radical (unpaired) electrons. The van der Waals surface area contributed by atoms with E-state index < -0.39 is 6.10 Å². The number of esters is 2. The number of carbonyl (C=O) groups excluding carboxylic acids is 2. The first-order valence-corrected chi connectivity index (χ1v) is 18.2. The van der Waals surface area contributed by atoms with Crippen LogP contribution in [0.5, 0.6) is 0 Å². The number of allylic oxidation sites excluding steroid dienone is 8. The van der Waals surface area contributed by atoms with Gasteiger partial charge in [-0.2, -0.15) is 0 Å². The zero-order valence-electron chi connectivity index (χ0n) is 28.7. The Kier molecular flexibility index (Phi) is 33.6. The summed E-state index contributed by atoms with van der Waals surface area (Å²) >= 11 is 0. The maximum absolute atomic E-state index is 12.1. The van der Waals surface area contributed by atoms with Gasteiger partial charge >= 0.3 is 11.9 Å². The van der Waals surface area contributed by atoms with Gasteiger partial charge < -0.3 is 14.6 Å². The van der Waals surface area contributed by atoms with Crippen molar-refractivity contribution in [3.05, 3.63) is 48.6 Å². The van der Waals surface area contributed by atoms with Crippen LogP contribution in [0.25, 0.3) is 0 Å². The van der Waals surface area contributed by atoms with Gasteiger partial charge in [-0.05, 0) is 70.6 Å². The van der Waals surface area contributed by atoms with E-state index in [1.165, 1.54) is 70.6 Å². The lowest BCUT2D eigenvalue weighted by Gasteiger charge is -2.15. The minimum Gasteiger partial charge on any atom is -0.462 e. The molecule has 0 aliphatic carbocycles. The van der Waals surface area contributed by atoms with Crippen molar-refractivity contribution in [2.75, 3.05) is 13.2 Å². The molecule has 0 amide bonds. The number of rotatable bonds is 32. The Morgan fingerprint density at radius 2 is 0.977 bits per heavy atom. The van der Waals surface area contributed by atoms with Crippen molar-refractivity contribution in [3.8, 4) is 0 Å². The van der Waals surface area contributed by atoms with E-state index in [9.17, 15) is 14.7 Å². The van der Waals surface area contributed by atoms with E-state index in [-0.39, 0.29) is 25.2 Å². The molecule has 0 aromatic heterocycles. The van der Waals surface area contributed by atoms with Crippen LogP contribution in [0.1, 0.15) is 168 Å². The molecule has 254 valence electrons. The number of ether oxygens (including phenoxy) is 2. The van der Waals surface area contributed by atoms with E-state index in [0.717, 1.165) is 70.6 Å². The van der Waals surface area contributed by atoms with Gasteiger partial charge in [0.15, 0.2) is 6.10 Å². The van der Waals surface area contributed by atoms with Crippen molar-refractivity contribution in [3.63, 3.8) is 0 Å². The highest BCUT2D eigenvalue weighted by Crippen LogP contribution is 2.12. The molecule has 44 heavy (non-hydrogen) atoms. The fraction of sp³-hybridized carbons (Fsp3) is 0.744. The Morgan fingerprint density at radius 1 is 0.545 bits per heavy atom. The standard InChI is InChI=1S/C39H68O5/c1-3-5-7-9-11-13-15-17-19-21-23-25-27-29-31-33-38(41)43-36-37(35-40)44-39(42)34-32-30-28-26-24-22-20-18-16-14-12-10-8-6-4-2/h5,7,11,13-14,16-17,19,37,40H,3-4,6,8-10,12,15,18,20-36H2,1-2H3/t37-/m0/s1. The maximum atomic E-state index is 12.1. The van der Waals surface area contributed by atoms with Crippen molar-refractivity contribution in [2.24, 2.45) is 0 Å². The lowest BCUT2D eigenvalue weighted by molar-refractivity contribution is -0.161. The van der Waals surface area contributed by atoms with E-state index in [1.807, 2.05) is 0 Å². The summed E-state index contributed by atoms with van der Waals surface area (Å²) in [6.07, 6.45) is 43.0. The molecule has 5 nitrogen and oxygen atoms in total. The van der Waals surface area contributed by atoms with E-state index in [4.69, 9.17) is 9.47 Å². The second kappa shape index (κ2) is 35.3. The molecule has 0 aromatic carbocycles. The Morgan fingerprint density at radius 3 is 1.50 bits per heavy atom. The van der Waals surface area contributed by atoms with Gasteiger partial charge in [-0.25, -0.2) is 0 Å². The molecular formula is C39H68O5. The summed E-state index contributed by atoms with van der Waals surface area (Å²) in [6, 6.07) is 0. The van der Waals surface area contributed by atoms with Crippen molar-refractivity contribution in [2.45, 2.75) is 174 Å². The third-order valence-electron chi connectivity index (χ3n) is 7.61. The molecule has 0 heterocycles. The van der Waals surface area contributed by atoms with Crippen LogP contribution in [0, 0.1) is 0 Å². The lowest BCUT2D eigenvalue weighted by Crippen LogP contribution is -2.28. The molecule has 0 saturated heterocycles. The quantitative estimate of drug-likeness (QED) is 0.0462. The zero-order valence-corrected chi connectivity index (χ0v) is 28.7. The maximum Gasteiger partial charge on any atom is 0.306 e. The second-order valence-corrected chi connectivity index (χ2v) is 11.9. The van der Waals surface area contributed by atoms with Gasteiger partial charge in [-0.1, -0.05) is 133 Å². The van der Waals surface area contributed by atoms with Crippen LogP contribution in [0.3, 0.4) is 0 Å². The van der Waals surface area contributed by atoms with Gasteiger partial charge in [0.1, 0.15) is 6.61 Å². The minimum atomic E-state index is -0.779. The smallest absolute Gasteiger partial charge is 0.306 e. The van der Waals surface area contributed by atoms with Crippen LogP contribution in [-0.4, -0.2) is 36.4 Å². The number of carbonyl (C=O) groups is 2. The molecule has 0 aromatic rings. The van der Waals surface area contributed by atoms with Crippen LogP contribution in [0.15, 0.2) is 48.6 Å². The average molecular weight is 617 g/mol. The van der Waals surface area contributed by atoms with Gasteiger partial charge in [0.05, 0.1) is 6.61 Å². The predicted octanol–water partition coefficient (Wildman–Crippen LogP) is 11.1. The zero-order chi connectivity index (χ0) is 32.2. The van der Waals surface area contributed by atoms with Gasteiger partial charge in [0.25, 0.3) is 0 Å². The molecule has 0 rings (SSSR count). The number of aliphatic hydroxyl groups is 1. The van der Waals surface area contributed by atoms with E-state index in [0.29, 0.717) is 12.8 Å². The van der Waals surface area contributed by atoms with Gasteiger partial charge in [0.2, 0.25) is 0 Å². The highest BCUT2D eigenvalue weighted by Gasteiger charge is 2.16. The Balaban J connectivity index is 3.61. The summed E-state index contributed by atoms with van der Waals surface area (Å²) < 4.78 is 10.6. The SMILES string of the molecule is CCC=CCC=CCC=CCCCCCCCC(=O)OC[C@H](CO)OC(=O)CCCCCCCCCC=CCCCCCC. The first-order valence-electron chi connectivity index (χ1n) is 18.2. The monoisotopic (exact) mass is 617 g/mol.